The lowest BCUT2D eigenvalue weighted by Gasteiger charge is -2.38. The number of amides is 1. The molecule has 2 fully saturated rings. The van der Waals surface area contributed by atoms with E-state index in [1.165, 1.54) is 24.4 Å². The minimum Gasteiger partial charge on any atom is -0.370 e. The number of hydrogen-bond donors (Lipinski definition) is 1. The van der Waals surface area contributed by atoms with Crippen molar-refractivity contribution in [1.29, 1.82) is 0 Å². The second kappa shape index (κ2) is 7.42. The van der Waals surface area contributed by atoms with Crippen LogP contribution in [0.3, 0.4) is 0 Å². The zero-order chi connectivity index (χ0) is 18.9. The van der Waals surface area contributed by atoms with Gasteiger partial charge in [0.1, 0.15) is 5.82 Å². The van der Waals surface area contributed by atoms with E-state index >= 15 is 0 Å². The molecule has 1 aromatic heterocycles. The third kappa shape index (κ3) is 3.90. The van der Waals surface area contributed by atoms with Crippen LogP contribution in [0.5, 0.6) is 0 Å². The first-order valence-corrected chi connectivity index (χ1v) is 9.17. The van der Waals surface area contributed by atoms with E-state index < -0.39 is 11.6 Å². The molecule has 0 saturated carbocycles. The van der Waals surface area contributed by atoms with E-state index in [4.69, 9.17) is 21.1 Å². The molecule has 2 aromatic rings. The molecule has 0 unspecified atom stereocenters. The molecular formula is C19H19ClFN3O3. The Labute approximate surface area is 161 Å². The van der Waals surface area contributed by atoms with Gasteiger partial charge in [0.25, 0.3) is 5.91 Å². The molecule has 0 aliphatic carbocycles. The van der Waals surface area contributed by atoms with Crippen LogP contribution in [0, 0.1) is 5.82 Å². The molecule has 3 heterocycles. The molecular weight excluding hydrogens is 373 g/mol. The summed E-state index contributed by atoms with van der Waals surface area (Å²) in [5.74, 6) is -1.31. The van der Waals surface area contributed by atoms with Gasteiger partial charge in [0.2, 0.25) is 0 Å². The second-order valence-electron chi connectivity index (χ2n) is 6.61. The molecule has 0 bridgehead atoms. The van der Waals surface area contributed by atoms with Crippen molar-refractivity contribution >= 4 is 28.9 Å². The van der Waals surface area contributed by atoms with Gasteiger partial charge in [-0.25, -0.2) is 4.39 Å². The number of carbonyl (C=O) groups is 1. The van der Waals surface area contributed by atoms with Crippen molar-refractivity contribution < 1.29 is 18.7 Å². The van der Waals surface area contributed by atoms with Crippen LogP contribution >= 0.6 is 11.6 Å². The number of piperidine rings is 1. The molecule has 1 amide bonds. The van der Waals surface area contributed by atoms with Crippen molar-refractivity contribution in [2.75, 3.05) is 36.5 Å². The summed E-state index contributed by atoms with van der Waals surface area (Å²) in [6.07, 6.45) is 4.79. The standard InChI is InChI=1S/C19H19ClFN3O3/c20-16-10-14(1-2-17(16)21)23-18(25)13-9-15(12-22-11-13)24-5-3-19(4-6-24)26-7-8-27-19/h1-2,9-12H,3-8H2,(H,23,25). The maximum absolute atomic E-state index is 13.2. The zero-order valence-electron chi connectivity index (χ0n) is 14.6. The maximum Gasteiger partial charge on any atom is 0.257 e. The fourth-order valence-electron chi connectivity index (χ4n) is 3.39. The Bertz CT molecular complexity index is 848. The molecule has 6 nitrogen and oxygen atoms in total. The first-order valence-electron chi connectivity index (χ1n) is 8.79. The summed E-state index contributed by atoms with van der Waals surface area (Å²) in [6, 6.07) is 5.84. The van der Waals surface area contributed by atoms with Crippen molar-refractivity contribution in [3.8, 4) is 0 Å². The van der Waals surface area contributed by atoms with Gasteiger partial charge >= 0.3 is 0 Å². The number of nitrogens with zero attached hydrogens (tertiary/aromatic N) is 2. The van der Waals surface area contributed by atoms with Crippen molar-refractivity contribution in [2.45, 2.75) is 18.6 Å². The SMILES string of the molecule is O=C(Nc1ccc(F)c(Cl)c1)c1cncc(N2CCC3(CC2)OCCO3)c1. The highest BCUT2D eigenvalue weighted by atomic mass is 35.5. The van der Waals surface area contributed by atoms with Gasteiger partial charge < -0.3 is 19.7 Å². The van der Waals surface area contributed by atoms with E-state index in [1.807, 2.05) is 0 Å². The number of ether oxygens (including phenoxy) is 2. The van der Waals surface area contributed by atoms with Crippen LogP contribution < -0.4 is 10.2 Å². The smallest absolute Gasteiger partial charge is 0.257 e. The van der Waals surface area contributed by atoms with E-state index in [1.54, 1.807) is 12.3 Å². The van der Waals surface area contributed by atoms with Gasteiger partial charge in [0, 0.05) is 37.8 Å². The minimum atomic E-state index is -0.531. The van der Waals surface area contributed by atoms with Gasteiger partial charge in [0.15, 0.2) is 5.79 Å². The Morgan fingerprint density at radius 1 is 1.19 bits per heavy atom. The van der Waals surface area contributed by atoms with Crippen LogP contribution in [-0.2, 0) is 9.47 Å². The molecule has 27 heavy (non-hydrogen) atoms. The Morgan fingerprint density at radius 2 is 1.93 bits per heavy atom. The molecule has 4 rings (SSSR count). The van der Waals surface area contributed by atoms with E-state index in [0.717, 1.165) is 31.6 Å². The first-order chi connectivity index (χ1) is 13.0. The Balaban J connectivity index is 1.44. The monoisotopic (exact) mass is 391 g/mol. The normalized spacial score (nSPS) is 18.7. The predicted octanol–water partition coefficient (Wildman–Crippen LogP) is 3.47. The Hall–Kier alpha value is -2.22. The van der Waals surface area contributed by atoms with Crippen molar-refractivity contribution in [3.05, 3.63) is 53.1 Å². The molecule has 0 radical (unpaired) electrons. The van der Waals surface area contributed by atoms with Crippen molar-refractivity contribution in [2.24, 2.45) is 0 Å². The van der Waals surface area contributed by atoms with E-state index in [0.29, 0.717) is 24.5 Å². The third-order valence-corrected chi connectivity index (χ3v) is 5.16. The number of carbonyl (C=O) groups excluding carboxylic acids is 1. The average molecular weight is 392 g/mol. The Morgan fingerprint density at radius 3 is 2.63 bits per heavy atom. The largest absolute Gasteiger partial charge is 0.370 e. The fourth-order valence-corrected chi connectivity index (χ4v) is 3.57. The quantitative estimate of drug-likeness (QED) is 0.868. The lowest BCUT2D eigenvalue weighted by atomic mass is 10.0. The summed E-state index contributed by atoms with van der Waals surface area (Å²) in [5, 5.41) is 2.66. The number of nitrogens with one attached hydrogen (secondary N) is 1. The van der Waals surface area contributed by atoms with Gasteiger partial charge in [-0.3, -0.25) is 9.78 Å². The molecule has 1 aromatic carbocycles. The van der Waals surface area contributed by atoms with Gasteiger partial charge in [0.05, 0.1) is 35.7 Å². The minimum absolute atomic E-state index is 0.0433. The van der Waals surface area contributed by atoms with Crippen LogP contribution in [0.1, 0.15) is 23.2 Å². The van der Waals surface area contributed by atoms with Gasteiger partial charge in [-0.2, -0.15) is 0 Å². The van der Waals surface area contributed by atoms with Crippen LogP contribution in [0.25, 0.3) is 0 Å². The van der Waals surface area contributed by atoms with E-state index in [2.05, 4.69) is 15.2 Å². The lowest BCUT2D eigenvalue weighted by Crippen LogP contribution is -2.45. The molecule has 1 N–H and O–H groups in total. The van der Waals surface area contributed by atoms with Gasteiger partial charge in [-0.1, -0.05) is 11.6 Å². The first kappa shape index (κ1) is 18.2. The highest BCUT2D eigenvalue weighted by molar-refractivity contribution is 6.31. The summed E-state index contributed by atoms with van der Waals surface area (Å²) >= 11 is 5.76. The Kier molecular flexibility index (Phi) is 4.99. The summed E-state index contributed by atoms with van der Waals surface area (Å²) in [4.78, 5) is 18.9. The van der Waals surface area contributed by atoms with Crippen molar-refractivity contribution in [3.63, 3.8) is 0 Å². The number of halogens is 2. The number of aromatic nitrogens is 1. The average Bonchev–Trinajstić information content (AvgIpc) is 3.13. The van der Waals surface area contributed by atoms with Crippen LogP contribution in [0.15, 0.2) is 36.7 Å². The third-order valence-electron chi connectivity index (χ3n) is 4.87. The number of anilines is 2. The summed E-state index contributed by atoms with van der Waals surface area (Å²) < 4.78 is 24.7. The maximum atomic E-state index is 13.2. The molecule has 142 valence electrons. The number of pyridine rings is 1. The summed E-state index contributed by atoms with van der Waals surface area (Å²) in [5.41, 5.74) is 1.71. The number of benzene rings is 1. The molecule has 2 saturated heterocycles. The lowest BCUT2D eigenvalue weighted by molar-refractivity contribution is -0.169. The predicted molar refractivity (Wildman–Crippen MR) is 99.7 cm³/mol. The highest BCUT2D eigenvalue weighted by Gasteiger charge is 2.39. The highest BCUT2D eigenvalue weighted by Crippen LogP contribution is 2.33. The second-order valence-corrected chi connectivity index (χ2v) is 7.02. The molecule has 2 aliphatic heterocycles. The summed E-state index contributed by atoms with van der Waals surface area (Å²) in [7, 11) is 0. The molecule has 1 spiro atoms. The van der Waals surface area contributed by atoms with Crippen LogP contribution in [0.4, 0.5) is 15.8 Å². The molecule has 0 atom stereocenters. The molecule has 8 heteroatoms. The summed E-state index contributed by atoms with van der Waals surface area (Å²) in [6.45, 7) is 2.82. The molecule has 2 aliphatic rings. The fraction of sp³-hybridized carbons (Fsp3) is 0.368. The number of rotatable bonds is 3. The van der Waals surface area contributed by atoms with Crippen LogP contribution in [-0.4, -0.2) is 43.0 Å². The zero-order valence-corrected chi connectivity index (χ0v) is 15.3. The topological polar surface area (TPSA) is 63.7 Å². The van der Waals surface area contributed by atoms with Crippen molar-refractivity contribution in [1.82, 2.24) is 4.98 Å². The van der Waals surface area contributed by atoms with Crippen LogP contribution in [0.2, 0.25) is 5.02 Å². The van der Waals surface area contributed by atoms with Gasteiger partial charge in [-0.05, 0) is 24.3 Å². The van der Waals surface area contributed by atoms with Gasteiger partial charge in [-0.15, -0.1) is 0 Å². The van der Waals surface area contributed by atoms with E-state index in [9.17, 15) is 9.18 Å². The number of hydrogen-bond acceptors (Lipinski definition) is 5. The van der Waals surface area contributed by atoms with E-state index in [-0.39, 0.29) is 10.9 Å².